The van der Waals surface area contributed by atoms with E-state index in [1.54, 1.807) is 23.1 Å². The number of nitrogens with one attached hydrogen (secondary N) is 1. The highest BCUT2D eigenvalue weighted by atomic mass is 16.1. The van der Waals surface area contributed by atoms with Crippen molar-refractivity contribution in [3.05, 3.63) is 75.0 Å². The number of anilines is 1. The maximum Gasteiger partial charge on any atom is 0.256 e. The Morgan fingerprint density at radius 3 is 2.73 bits per heavy atom. The molecule has 8 heteroatoms. The van der Waals surface area contributed by atoms with E-state index >= 15 is 0 Å². The lowest BCUT2D eigenvalue weighted by atomic mass is 10.1. The van der Waals surface area contributed by atoms with Gasteiger partial charge in [-0.15, -0.1) is 6.42 Å². The highest BCUT2D eigenvalue weighted by Crippen LogP contribution is 2.16. The lowest BCUT2D eigenvalue weighted by Gasteiger charge is -2.11. The van der Waals surface area contributed by atoms with Crippen LogP contribution in [0.15, 0.2) is 30.1 Å². The molecule has 0 aliphatic carbocycles. The molecule has 0 radical (unpaired) electrons. The summed E-state index contributed by atoms with van der Waals surface area (Å²) in [5.74, 6) is 2.64. The molecule has 166 valence electrons. The second-order valence-corrected chi connectivity index (χ2v) is 7.90. The number of aryl methyl sites for hydroxylation is 3. The second kappa shape index (κ2) is 9.80. The molecule has 8 nitrogen and oxygen atoms in total. The van der Waals surface area contributed by atoms with Gasteiger partial charge in [0.05, 0.1) is 12.1 Å². The van der Waals surface area contributed by atoms with Crippen LogP contribution in [0.5, 0.6) is 0 Å². The number of nitrogen functional groups attached to an aromatic ring is 1. The molecule has 0 spiro atoms. The molecule has 0 saturated heterocycles. The summed E-state index contributed by atoms with van der Waals surface area (Å²) in [6.07, 6.45) is 10.8. The molecule has 3 aromatic heterocycles. The van der Waals surface area contributed by atoms with E-state index in [0.29, 0.717) is 18.1 Å². The van der Waals surface area contributed by atoms with Crippen LogP contribution in [0.4, 0.5) is 5.82 Å². The van der Waals surface area contributed by atoms with Crippen LogP contribution in [-0.4, -0.2) is 25.7 Å². The summed E-state index contributed by atoms with van der Waals surface area (Å²) in [5, 5.41) is 16.6. The number of nitrogens with zero attached hydrogens (tertiary/aromatic N) is 5. The average Bonchev–Trinajstić information content (AvgIpc) is 3.15. The van der Waals surface area contributed by atoms with Crippen LogP contribution in [0, 0.1) is 44.4 Å². The third-order valence-corrected chi connectivity index (χ3v) is 5.12. The highest BCUT2D eigenvalue weighted by Gasteiger charge is 2.17. The van der Waals surface area contributed by atoms with Crippen LogP contribution in [0.3, 0.4) is 0 Å². The fourth-order valence-corrected chi connectivity index (χ4v) is 3.56. The van der Waals surface area contributed by atoms with Crippen LogP contribution in [0.1, 0.15) is 56.6 Å². The first-order valence-electron chi connectivity index (χ1n) is 10.3. The van der Waals surface area contributed by atoms with Crippen molar-refractivity contribution in [3.8, 4) is 18.4 Å². The molecular formula is C25H25N7O. The quantitative estimate of drug-likeness (QED) is 0.569. The summed E-state index contributed by atoms with van der Waals surface area (Å²) in [4.78, 5) is 21.3. The standard InChI is InChI=1S/C25H25N7O/c1-6-22-19(7-15(2)11-28-22)8-16(3)13-32-14-21(23(10-26)31-32)25(33)29-12-20-17(4)9-24(27)30-18(20)5/h1,7-9,11,14H,12-13H2,2-5H3,(H2,27,30)(H,29,33)/b16-8+. The van der Waals surface area contributed by atoms with Crippen molar-refractivity contribution >= 4 is 17.8 Å². The zero-order valence-electron chi connectivity index (χ0n) is 19.1. The Hall–Kier alpha value is -4.43. The minimum Gasteiger partial charge on any atom is -0.384 e. The smallest absolute Gasteiger partial charge is 0.256 e. The molecule has 3 N–H and O–H groups in total. The summed E-state index contributed by atoms with van der Waals surface area (Å²) >= 11 is 0. The predicted molar refractivity (Wildman–Crippen MR) is 127 cm³/mol. The monoisotopic (exact) mass is 439 g/mol. The number of allylic oxidation sites excluding steroid dienone is 1. The van der Waals surface area contributed by atoms with Gasteiger partial charge in [0.15, 0.2) is 5.69 Å². The molecule has 0 aromatic carbocycles. The summed E-state index contributed by atoms with van der Waals surface area (Å²) < 4.78 is 1.57. The van der Waals surface area contributed by atoms with Gasteiger partial charge in [0.1, 0.15) is 17.6 Å². The molecule has 3 rings (SSSR count). The molecule has 3 heterocycles. The summed E-state index contributed by atoms with van der Waals surface area (Å²) in [6, 6.07) is 5.72. The first-order valence-corrected chi connectivity index (χ1v) is 10.3. The van der Waals surface area contributed by atoms with E-state index in [1.165, 1.54) is 0 Å². The molecular weight excluding hydrogens is 414 g/mol. The average molecular weight is 440 g/mol. The Bertz CT molecular complexity index is 1310. The number of aromatic nitrogens is 4. The molecule has 1 amide bonds. The van der Waals surface area contributed by atoms with E-state index in [0.717, 1.165) is 33.5 Å². The maximum atomic E-state index is 12.8. The van der Waals surface area contributed by atoms with Gasteiger partial charge in [-0.25, -0.2) is 9.97 Å². The number of carbonyl (C=O) groups excluding carboxylic acids is 1. The minimum absolute atomic E-state index is 0.0608. The number of amides is 1. The van der Waals surface area contributed by atoms with Crippen molar-refractivity contribution in [2.24, 2.45) is 0 Å². The van der Waals surface area contributed by atoms with Crippen LogP contribution < -0.4 is 11.1 Å². The van der Waals surface area contributed by atoms with E-state index in [1.807, 2.05) is 45.9 Å². The lowest BCUT2D eigenvalue weighted by Crippen LogP contribution is -2.24. The van der Waals surface area contributed by atoms with Crippen LogP contribution >= 0.6 is 0 Å². The molecule has 0 aliphatic rings. The topological polar surface area (TPSA) is 123 Å². The van der Waals surface area contributed by atoms with Gasteiger partial charge in [0.2, 0.25) is 0 Å². The van der Waals surface area contributed by atoms with Crippen molar-refractivity contribution in [1.29, 1.82) is 5.26 Å². The summed E-state index contributed by atoms with van der Waals surface area (Å²) in [6.45, 7) is 8.29. The molecule has 33 heavy (non-hydrogen) atoms. The molecule has 0 unspecified atom stereocenters. The molecule has 0 saturated carbocycles. The number of hydrogen-bond donors (Lipinski definition) is 2. The number of nitriles is 1. The number of pyridine rings is 2. The third-order valence-electron chi connectivity index (χ3n) is 5.12. The summed E-state index contributed by atoms with van der Waals surface area (Å²) in [5.41, 5.74) is 12.0. The zero-order chi connectivity index (χ0) is 24.1. The molecule has 0 fully saturated rings. The summed E-state index contributed by atoms with van der Waals surface area (Å²) in [7, 11) is 0. The van der Waals surface area contributed by atoms with E-state index in [2.05, 4.69) is 26.3 Å². The third kappa shape index (κ3) is 5.44. The normalized spacial score (nSPS) is 11.0. The molecule has 0 aliphatic heterocycles. The number of rotatable bonds is 6. The van der Waals surface area contributed by atoms with Gasteiger partial charge >= 0.3 is 0 Å². The Labute approximate surface area is 193 Å². The van der Waals surface area contributed by atoms with Gasteiger partial charge in [-0.1, -0.05) is 11.6 Å². The molecule has 0 bridgehead atoms. The Morgan fingerprint density at radius 2 is 2.06 bits per heavy atom. The van der Waals surface area contributed by atoms with E-state index in [9.17, 15) is 10.1 Å². The van der Waals surface area contributed by atoms with Crippen molar-refractivity contribution < 1.29 is 4.79 Å². The predicted octanol–water partition coefficient (Wildman–Crippen LogP) is 3.07. The van der Waals surface area contributed by atoms with Gasteiger partial charge in [0.25, 0.3) is 5.91 Å². The zero-order valence-corrected chi connectivity index (χ0v) is 19.1. The molecule has 3 aromatic rings. The number of terminal acetylenes is 1. The van der Waals surface area contributed by atoms with Crippen molar-refractivity contribution in [2.45, 2.75) is 40.8 Å². The number of hydrogen-bond acceptors (Lipinski definition) is 6. The van der Waals surface area contributed by atoms with Crippen molar-refractivity contribution in [3.63, 3.8) is 0 Å². The van der Waals surface area contributed by atoms with Crippen LogP contribution in [0.25, 0.3) is 6.08 Å². The van der Waals surface area contributed by atoms with Crippen LogP contribution in [0.2, 0.25) is 0 Å². The van der Waals surface area contributed by atoms with Crippen molar-refractivity contribution in [1.82, 2.24) is 25.1 Å². The van der Waals surface area contributed by atoms with Gasteiger partial charge in [-0.3, -0.25) is 9.48 Å². The first-order chi connectivity index (χ1) is 15.7. The van der Waals surface area contributed by atoms with Gasteiger partial charge in [-0.2, -0.15) is 10.4 Å². The van der Waals surface area contributed by atoms with E-state index in [4.69, 9.17) is 12.2 Å². The van der Waals surface area contributed by atoms with Gasteiger partial charge in [-0.05, 0) is 62.4 Å². The van der Waals surface area contributed by atoms with Gasteiger partial charge in [0, 0.05) is 30.2 Å². The van der Waals surface area contributed by atoms with E-state index in [-0.39, 0.29) is 23.7 Å². The highest BCUT2D eigenvalue weighted by molar-refractivity contribution is 5.95. The fraction of sp³-hybridized carbons (Fsp3) is 0.240. The first kappa shape index (κ1) is 23.2. The Balaban J connectivity index is 1.78. The van der Waals surface area contributed by atoms with Gasteiger partial charge < -0.3 is 11.1 Å². The molecule has 0 atom stereocenters. The van der Waals surface area contributed by atoms with E-state index < -0.39 is 0 Å². The maximum absolute atomic E-state index is 12.8. The SMILES string of the molecule is C#Cc1ncc(C)cc1/C=C(\C)Cn1cc(C(=O)NCc2c(C)cc(N)nc2C)c(C#N)n1. The largest absolute Gasteiger partial charge is 0.384 e. The number of carbonyl (C=O) groups is 1. The lowest BCUT2D eigenvalue weighted by molar-refractivity contribution is 0.0950. The van der Waals surface area contributed by atoms with Crippen molar-refractivity contribution in [2.75, 3.05) is 5.73 Å². The van der Waals surface area contributed by atoms with Crippen LogP contribution in [-0.2, 0) is 13.1 Å². The Morgan fingerprint density at radius 1 is 1.30 bits per heavy atom. The minimum atomic E-state index is -0.382. The fourth-order valence-electron chi connectivity index (χ4n) is 3.56. The second-order valence-electron chi connectivity index (χ2n) is 7.90. The Kier molecular flexibility index (Phi) is 6.90. The number of nitrogens with two attached hydrogens (primary N) is 1.